The maximum absolute atomic E-state index is 11.9. The quantitative estimate of drug-likeness (QED) is 0.701. The molecule has 0 aliphatic heterocycles. The summed E-state index contributed by atoms with van der Waals surface area (Å²) in [5.74, 6) is 1.57. The summed E-state index contributed by atoms with van der Waals surface area (Å²) in [6.07, 6.45) is 3.46. The second-order valence-corrected chi connectivity index (χ2v) is 5.14. The van der Waals surface area contributed by atoms with Crippen molar-refractivity contribution in [3.63, 3.8) is 0 Å². The Labute approximate surface area is 92.8 Å². The lowest BCUT2D eigenvalue weighted by Crippen LogP contribution is -2.44. The van der Waals surface area contributed by atoms with Crippen LogP contribution in [-0.2, 0) is 4.79 Å². The van der Waals surface area contributed by atoms with E-state index in [2.05, 4.69) is 12.2 Å². The Hall–Kier alpha value is -0.570. The molecular weight excluding hydrogens is 188 g/mol. The topological polar surface area (TPSA) is 55.1 Å². The van der Waals surface area contributed by atoms with Crippen molar-refractivity contribution >= 4 is 5.91 Å². The van der Waals surface area contributed by atoms with Crippen LogP contribution in [0.1, 0.15) is 40.0 Å². The Morgan fingerprint density at radius 3 is 2.60 bits per heavy atom. The molecular formula is C12H24N2O. The molecule has 0 aromatic carbocycles. The highest BCUT2D eigenvalue weighted by molar-refractivity contribution is 5.82. The zero-order valence-corrected chi connectivity index (χ0v) is 10.2. The van der Waals surface area contributed by atoms with Crippen LogP contribution in [0.5, 0.6) is 0 Å². The van der Waals surface area contributed by atoms with Crippen LogP contribution in [0.2, 0.25) is 0 Å². The Morgan fingerprint density at radius 2 is 2.20 bits per heavy atom. The van der Waals surface area contributed by atoms with E-state index in [9.17, 15) is 4.79 Å². The van der Waals surface area contributed by atoms with Crippen LogP contribution in [0.4, 0.5) is 0 Å². The van der Waals surface area contributed by atoms with Crippen LogP contribution >= 0.6 is 0 Å². The van der Waals surface area contributed by atoms with Crippen molar-refractivity contribution in [2.75, 3.05) is 13.1 Å². The minimum Gasteiger partial charge on any atom is -0.355 e. The predicted octanol–water partition coefficient (Wildman–Crippen LogP) is 1.52. The number of amides is 1. The van der Waals surface area contributed by atoms with Gasteiger partial charge in [0.2, 0.25) is 5.91 Å². The Morgan fingerprint density at radius 1 is 1.60 bits per heavy atom. The SMILES string of the molecule is CCC(C)(CN)C(=O)NCC(C)C1CC1. The van der Waals surface area contributed by atoms with Crippen molar-refractivity contribution in [3.05, 3.63) is 0 Å². The minimum atomic E-state index is -0.386. The summed E-state index contributed by atoms with van der Waals surface area (Å²) in [6, 6.07) is 0. The molecule has 0 saturated heterocycles. The molecule has 3 N–H and O–H groups in total. The number of rotatable bonds is 6. The van der Waals surface area contributed by atoms with Crippen LogP contribution in [-0.4, -0.2) is 19.0 Å². The molecule has 3 heteroatoms. The standard InChI is InChI=1S/C12H24N2O/c1-4-12(3,8-13)11(15)14-7-9(2)10-5-6-10/h9-10H,4-8,13H2,1-3H3,(H,14,15). The smallest absolute Gasteiger partial charge is 0.227 e. The molecule has 0 radical (unpaired) electrons. The second kappa shape index (κ2) is 4.97. The molecule has 1 fully saturated rings. The number of hydrogen-bond donors (Lipinski definition) is 2. The van der Waals surface area contributed by atoms with Crippen LogP contribution < -0.4 is 11.1 Å². The molecule has 3 nitrogen and oxygen atoms in total. The Balaban J connectivity index is 2.33. The van der Waals surface area contributed by atoms with Gasteiger partial charge in [-0.1, -0.05) is 13.8 Å². The van der Waals surface area contributed by atoms with Gasteiger partial charge in [-0.15, -0.1) is 0 Å². The number of carbonyl (C=O) groups excluding carboxylic acids is 1. The van der Waals surface area contributed by atoms with Crippen LogP contribution in [0, 0.1) is 17.3 Å². The van der Waals surface area contributed by atoms with Gasteiger partial charge in [0.05, 0.1) is 5.41 Å². The first-order valence-corrected chi connectivity index (χ1v) is 6.02. The van der Waals surface area contributed by atoms with Crippen molar-refractivity contribution < 1.29 is 4.79 Å². The molecule has 1 amide bonds. The lowest BCUT2D eigenvalue weighted by molar-refractivity contribution is -0.130. The predicted molar refractivity (Wildman–Crippen MR) is 62.4 cm³/mol. The average molecular weight is 212 g/mol. The van der Waals surface area contributed by atoms with Crippen molar-refractivity contribution in [2.45, 2.75) is 40.0 Å². The maximum atomic E-state index is 11.9. The number of hydrogen-bond acceptors (Lipinski definition) is 2. The highest BCUT2D eigenvalue weighted by Gasteiger charge is 2.32. The summed E-state index contributed by atoms with van der Waals surface area (Å²) in [5, 5.41) is 3.03. The van der Waals surface area contributed by atoms with Crippen LogP contribution in [0.3, 0.4) is 0 Å². The fourth-order valence-corrected chi connectivity index (χ4v) is 1.70. The monoisotopic (exact) mass is 212 g/mol. The molecule has 1 aliphatic carbocycles. The molecule has 0 bridgehead atoms. The lowest BCUT2D eigenvalue weighted by Gasteiger charge is -2.25. The summed E-state index contributed by atoms with van der Waals surface area (Å²) in [5.41, 5.74) is 5.25. The van der Waals surface area contributed by atoms with Gasteiger partial charge >= 0.3 is 0 Å². The molecule has 2 atom stereocenters. The van der Waals surface area contributed by atoms with Gasteiger partial charge in [0.1, 0.15) is 0 Å². The zero-order valence-electron chi connectivity index (χ0n) is 10.2. The summed E-state index contributed by atoms with van der Waals surface area (Å²) in [4.78, 5) is 11.9. The Kier molecular flexibility index (Phi) is 4.14. The molecule has 0 aromatic heterocycles. The maximum Gasteiger partial charge on any atom is 0.227 e. The molecule has 15 heavy (non-hydrogen) atoms. The number of carbonyl (C=O) groups is 1. The van der Waals surface area contributed by atoms with Gasteiger partial charge in [-0.25, -0.2) is 0 Å². The normalized spacial score (nSPS) is 21.9. The third-order valence-electron chi connectivity index (χ3n) is 3.79. The molecule has 0 heterocycles. The highest BCUT2D eigenvalue weighted by Crippen LogP contribution is 2.36. The van der Waals surface area contributed by atoms with E-state index in [1.54, 1.807) is 0 Å². The van der Waals surface area contributed by atoms with E-state index < -0.39 is 0 Å². The third kappa shape index (κ3) is 3.20. The molecule has 2 unspecified atom stereocenters. The summed E-state index contributed by atoms with van der Waals surface area (Å²) < 4.78 is 0. The summed E-state index contributed by atoms with van der Waals surface area (Å²) in [7, 11) is 0. The summed E-state index contributed by atoms with van der Waals surface area (Å²) >= 11 is 0. The first kappa shape index (κ1) is 12.5. The van der Waals surface area contributed by atoms with Crippen LogP contribution in [0.25, 0.3) is 0 Å². The fourth-order valence-electron chi connectivity index (χ4n) is 1.70. The number of nitrogens with two attached hydrogens (primary N) is 1. The third-order valence-corrected chi connectivity index (χ3v) is 3.79. The van der Waals surface area contributed by atoms with Gasteiger partial charge in [0.15, 0.2) is 0 Å². The van der Waals surface area contributed by atoms with E-state index in [0.29, 0.717) is 12.5 Å². The summed E-state index contributed by atoms with van der Waals surface area (Å²) in [6.45, 7) is 7.39. The van der Waals surface area contributed by atoms with E-state index in [1.807, 2.05) is 13.8 Å². The second-order valence-electron chi connectivity index (χ2n) is 5.14. The van der Waals surface area contributed by atoms with E-state index in [0.717, 1.165) is 18.9 Å². The minimum absolute atomic E-state index is 0.111. The van der Waals surface area contributed by atoms with Crippen molar-refractivity contribution in [1.29, 1.82) is 0 Å². The molecule has 1 aliphatic rings. The molecule has 1 saturated carbocycles. The van der Waals surface area contributed by atoms with Gasteiger partial charge in [-0.05, 0) is 38.0 Å². The van der Waals surface area contributed by atoms with Gasteiger partial charge < -0.3 is 11.1 Å². The van der Waals surface area contributed by atoms with Crippen molar-refractivity contribution in [3.8, 4) is 0 Å². The van der Waals surface area contributed by atoms with Gasteiger partial charge in [-0.3, -0.25) is 4.79 Å². The van der Waals surface area contributed by atoms with Crippen molar-refractivity contribution in [2.24, 2.45) is 23.0 Å². The molecule has 1 rings (SSSR count). The zero-order chi connectivity index (χ0) is 11.5. The molecule has 0 aromatic rings. The molecule has 88 valence electrons. The number of nitrogens with one attached hydrogen (secondary N) is 1. The van der Waals surface area contributed by atoms with E-state index in [4.69, 9.17) is 5.73 Å². The van der Waals surface area contributed by atoms with Crippen LogP contribution in [0.15, 0.2) is 0 Å². The van der Waals surface area contributed by atoms with Gasteiger partial charge in [0.25, 0.3) is 0 Å². The van der Waals surface area contributed by atoms with Gasteiger partial charge in [0, 0.05) is 13.1 Å². The lowest BCUT2D eigenvalue weighted by atomic mass is 9.86. The highest BCUT2D eigenvalue weighted by atomic mass is 16.2. The fraction of sp³-hybridized carbons (Fsp3) is 0.917. The average Bonchev–Trinajstić information content (AvgIpc) is 3.07. The first-order chi connectivity index (χ1) is 7.03. The van der Waals surface area contributed by atoms with E-state index >= 15 is 0 Å². The Bertz CT molecular complexity index is 220. The largest absolute Gasteiger partial charge is 0.355 e. The first-order valence-electron chi connectivity index (χ1n) is 6.02. The van der Waals surface area contributed by atoms with Crippen molar-refractivity contribution in [1.82, 2.24) is 5.32 Å². The van der Waals surface area contributed by atoms with Gasteiger partial charge in [-0.2, -0.15) is 0 Å². The van der Waals surface area contributed by atoms with E-state index in [-0.39, 0.29) is 11.3 Å². The molecule has 0 spiro atoms. The van der Waals surface area contributed by atoms with E-state index in [1.165, 1.54) is 12.8 Å².